The van der Waals surface area contributed by atoms with Crippen molar-refractivity contribution >= 4 is 23.2 Å². The molecule has 0 aromatic rings. The minimum atomic E-state index is -0.248. The van der Waals surface area contributed by atoms with Crippen LogP contribution in [0.2, 0.25) is 0 Å². The third-order valence-corrected chi connectivity index (χ3v) is 4.39. The number of nitrogens with zero attached hydrogens (tertiary/aromatic N) is 3. The number of rotatable bonds is 3. The molecule has 0 spiro atoms. The van der Waals surface area contributed by atoms with Gasteiger partial charge in [0, 0.05) is 19.6 Å². The van der Waals surface area contributed by atoms with E-state index in [0.29, 0.717) is 11.7 Å². The molecule has 0 bridgehead atoms. The zero-order chi connectivity index (χ0) is 14.5. The zero-order valence-electron chi connectivity index (χ0n) is 12.0. The molecule has 20 heavy (non-hydrogen) atoms. The SMILES string of the molecule is CCCNC(=S)N1CCC[C@H]1C(=O)N1CCC[C@H]1C#N. The van der Waals surface area contributed by atoms with Gasteiger partial charge in [-0.05, 0) is 44.3 Å². The molecule has 5 nitrogen and oxygen atoms in total. The van der Waals surface area contributed by atoms with Gasteiger partial charge in [-0.25, -0.2) is 0 Å². The van der Waals surface area contributed by atoms with Gasteiger partial charge in [-0.15, -0.1) is 0 Å². The van der Waals surface area contributed by atoms with Crippen LogP contribution in [0, 0.1) is 11.3 Å². The van der Waals surface area contributed by atoms with Crippen LogP contribution in [-0.2, 0) is 4.79 Å². The third kappa shape index (κ3) is 3.04. The van der Waals surface area contributed by atoms with Crippen molar-refractivity contribution in [2.45, 2.75) is 51.1 Å². The Hall–Kier alpha value is -1.35. The normalized spacial score (nSPS) is 25.6. The number of carbonyl (C=O) groups is 1. The molecule has 0 aliphatic carbocycles. The van der Waals surface area contributed by atoms with Crippen LogP contribution in [0.5, 0.6) is 0 Å². The Kier molecular flexibility index (Phi) is 5.18. The van der Waals surface area contributed by atoms with Gasteiger partial charge in [-0.2, -0.15) is 5.26 Å². The number of carbonyl (C=O) groups excluding carboxylic acids is 1. The molecular weight excluding hydrogens is 272 g/mol. The molecule has 110 valence electrons. The van der Waals surface area contributed by atoms with Gasteiger partial charge >= 0.3 is 0 Å². The highest BCUT2D eigenvalue weighted by molar-refractivity contribution is 7.80. The Morgan fingerprint density at radius 2 is 2.05 bits per heavy atom. The van der Waals surface area contributed by atoms with E-state index in [9.17, 15) is 4.79 Å². The third-order valence-electron chi connectivity index (χ3n) is 4.01. The Balaban J connectivity index is 2.01. The largest absolute Gasteiger partial charge is 0.363 e. The van der Waals surface area contributed by atoms with E-state index < -0.39 is 0 Å². The van der Waals surface area contributed by atoms with Crippen LogP contribution in [0.1, 0.15) is 39.0 Å². The molecule has 2 heterocycles. The first-order valence-corrected chi connectivity index (χ1v) is 7.84. The molecular formula is C14H22N4OS. The van der Waals surface area contributed by atoms with E-state index in [0.717, 1.165) is 45.2 Å². The number of nitrogens with one attached hydrogen (secondary N) is 1. The van der Waals surface area contributed by atoms with E-state index in [4.69, 9.17) is 17.5 Å². The topological polar surface area (TPSA) is 59.4 Å². The summed E-state index contributed by atoms with van der Waals surface area (Å²) >= 11 is 5.39. The van der Waals surface area contributed by atoms with Gasteiger partial charge in [-0.1, -0.05) is 6.92 Å². The summed E-state index contributed by atoms with van der Waals surface area (Å²) in [6, 6.07) is 1.81. The number of hydrogen-bond donors (Lipinski definition) is 1. The summed E-state index contributed by atoms with van der Waals surface area (Å²) in [6.07, 6.45) is 4.55. The number of likely N-dealkylation sites (tertiary alicyclic amines) is 2. The molecule has 6 heteroatoms. The Morgan fingerprint density at radius 1 is 1.35 bits per heavy atom. The molecule has 2 aliphatic heterocycles. The smallest absolute Gasteiger partial charge is 0.246 e. The van der Waals surface area contributed by atoms with Gasteiger partial charge in [0.05, 0.1) is 6.07 Å². The highest BCUT2D eigenvalue weighted by Gasteiger charge is 2.38. The predicted octanol–water partition coefficient (Wildman–Crippen LogP) is 1.25. The Morgan fingerprint density at radius 3 is 2.75 bits per heavy atom. The molecule has 2 fully saturated rings. The van der Waals surface area contributed by atoms with E-state index >= 15 is 0 Å². The first kappa shape index (κ1) is 15.0. The second kappa shape index (κ2) is 6.89. The molecule has 0 saturated carbocycles. The maximum Gasteiger partial charge on any atom is 0.246 e. The summed E-state index contributed by atoms with van der Waals surface area (Å²) < 4.78 is 0. The molecule has 0 unspecified atom stereocenters. The molecule has 2 saturated heterocycles. The molecule has 2 aliphatic rings. The fourth-order valence-electron chi connectivity index (χ4n) is 2.96. The van der Waals surface area contributed by atoms with Crippen molar-refractivity contribution < 1.29 is 4.79 Å². The predicted molar refractivity (Wildman–Crippen MR) is 81.0 cm³/mol. The van der Waals surface area contributed by atoms with E-state index in [-0.39, 0.29) is 18.0 Å². The second-order valence-electron chi connectivity index (χ2n) is 5.40. The van der Waals surface area contributed by atoms with E-state index in [1.807, 2.05) is 4.90 Å². The van der Waals surface area contributed by atoms with Crippen LogP contribution < -0.4 is 5.32 Å². The Labute approximate surface area is 125 Å². The molecule has 2 atom stereocenters. The lowest BCUT2D eigenvalue weighted by Crippen LogP contribution is -2.51. The molecule has 0 aromatic carbocycles. The van der Waals surface area contributed by atoms with E-state index in [1.165, 1.54) is 0 Å². The minimum Gasteiger partial charge on any atom is -0.363 e. The zero-order valence-corrected chi connectivity index (χ0v) is 12.8. The van der Waals surface area contributed by atoms with Crippen molar-refractivity contribution in [3.8, 4) is 6.07 Å². The van der Waals surface area contributed by atoms with Crippen molar-refractivity contribution in [3.63, 3.8) is 0 Å². The van der Waals surface area contributed by atoms with Gasteiger partial charge in [0.15, 0.2) is 5.11 Å². The van der Waals surface area contributed by atoms with Crippen LogP contribution in [0.4, 0.5) is 0 Å². The molecule has 0 aromatic heterocycles. The van der Waals surface area contributed by atoms with Gasteiger partial charge in [0.2, 0.25) is 5.91 Å². The highest BCUT2D eigenvalue weighted by Crippen LogP contribution is 2.24. The first-order valence-electron chi connectivity index (χ1n) is 7.43. The van der Waals surface area contributed by atoms with Gasteiger partial charge in [0.25, 0.3) is 0 Å². The summed E-state index contributed by atoms with van der Waals surface area (Å²) in [4.78, 5) is 16.4. The fourth-order valence-corrected chi connectivity index (χ4v) is 3.28. The van der Waals surface area contributed by atoms with Gasteiger partial charge in [0.1, 0.15) is 12.1 Å². The second-order valence-corrected chi connectivity index (χ2v) is 5.79. The summed E-state index contributed by atoms with van der Waals surface area (Å²) in [7, 11) is 0. The van der Waals surface area contributed by atoms with E-state index in [2.05, 4.69) is 18.3 Å². The molecule has 1 amide bonds. The van der Waals surface area contributed by atoms with Crippen molar-refractivity contribution in [1.82, 2.24) is 15.1 Å². The average molecular weight is 294 g/mol. The molecule has 0 radical (unpaired) electrons. The summed E-state index contributed by atoms with van der Waals surface area (Å²) in [5, 5.41) is 13.0. The lowest BCUT2D eigenvalue weighted by atomic mass is 10.1. The van der Waals surface area contributed by atoms with Crippen LogP contribution in [0.15, 0.2) is 0 Å². The number of amides is 1. The van der Waals surface area contributed by atoms with Gasteiger partial charge < -0.3 is 15.1 Å². The van der Waals surface area contributed by atoms with Crippen molar-refractivity contribution in [1.29, 1.82) is 5.26 Å². The Bertz CT molecular complexity index is 420. The fraction of sp³-hybridized carbons (Fsp3) is 0.786. The first-order chi connectivity index (χ1) is 9.69. The lowest BCUT2D eigenvalue weighted by molar-refractivity contribution is -0.134. The molecule has 2 rings (SSSR count). The van der Waals surface area contributed by atoms with Crippen LogP contribution in [-0.4, -0.2) is 52.5 Å². The standard InChI is InChI=1S/C14H22N4OS/c1-2-7-16-14(20)18-9-4-6-12(18)13(19)17-8-3-5-11(17)10-15/h11-12H,2-9H2,1H3,(H,16,20)/t11-,12-/m0/s1. The highest BCUT2D eigenvalue weighted by atomic mass is 32.1. The summed E-state index contributed by atoms with van der Waals surface area (Å²) in [5.74, 6) is 0.0761. The van der Waals surface area contributed by atoms with E-state index in [1.54, 1.807) is 4.90 Å². The average Bonchev–Trinajstić information content (AvgIpc) is 3.11. The summed E-state index contributed by atoms with van der Waals surface area (Å²) in [6.45, 7) is 4.46. The quantitative estimate of drug-likeness (QED) is 0.794. The number of hydrogen-bond acceptors (Lipinski definition) is 3. The van der Waals surface area contributed by atoms with Crippen molar-refractivity contribution in [2.75, 3.05) is 19.6 Å². The van der Waals surface area contributed by atoms with Crippen LogP contribution >= 0.6 is 12.2 Å². The van der Waals surface area contributed by atoms with Crippen molar-refractivity contribution in [3.05, 3.63) is 0 Å². The maximum absolute atomic E-state index is 12.7. The lowest BCUT2D eigenvalue weighted by Gasteiger charge is -2.31. The summed E-state index contributed by atoms with van der Waals surface area (Å²) in [5.41, 5.74) is 0. The number of thiocarbonyl (C=S) groups is 1. The number of nitriles is 1. The minimum absolute atomic E-state index is 0.0761. The van der Waals surface area contributed by atoms with Crippen molar-refractivity contribution in [2.24, 2.45) is 0 Å². The monoisotopic (exact) mass is 294 g/mol. The van der Waals surface area contributed by atoms with Gasteiger partial charge in [-0.3, -0.25) is 4.79 Å². The molecule has 1 N–H and O–H groups in total. The van der Waals surface area contributed by atoms with Crippen LogP contribution in [0.25, 0.3) is 0 Å². The van der Waals surface area contributed by atoms with Crippen LogP contribution in [0.3, 0.4) is 0 Å². The maximum atomic E-state index is 12.7.